The highest BCUT2D eigenvalue weighted by atomic mass is 32.2. The number of rotatable bonds is 4. The van der Waals surface area contributed by atoms with E-state index in [9.17, 15) is 13.2 Å². The summed E-state index contributed by atoms with van der Waals surface area (Å²) >= 11 is 0. The van der Waals surface area contributed by atoms with E-state index in [1.807, 2.05) is 13.8 Å². The summed E-state index contributed by atoms with van der Waals surface area (Å²) < 4.78 is 27.5. The number of aryl methyl sites for hydroxylation is 1. The molecule has 0 bridgehead atoms. The first-order chi connectivity index (χ1) is 9.25. The molecule has 2 atom stereocenters. The molecule has 1 fully saturated rings. The average Bonchev–Trinajstić information content (AvgIpc) is 2.72. The molecule has 0 aliphatic heterocycles. The fraction of sp³-hybridized carbons (Fsp3) is 0.533. The summed E-state index contributed by atoms with van der Waals surface area (Å²) in [7, 11) is -3.57. The van der Waals surface area contributed by atoms with Crippen LogP contribution in [0.15, 0.2) is 29.2 Å². The summed E-state index contributed by atoms with van der Waals surface area (Å²) in [6, 6.07) is 6.42. The summed E-state index contributed by atoms with van der Waals surface area (Å²) in [6.07, 6.45) is 2.32. The first-order valence-corrected chi connectivity index (χ1v) is 8.34. The first kappa shape index (κ1) is 15.2. The van der Waals surface area contributed by atoms with Gasteiger partial charge in [-0.3, -0.25) is 4.79 Å². The molecule has 5 heteroatoms. The monoisotopic (exact) mass is 295 g/mol. The van der Waals surface area contributed by atoms with Gasteiger partial charge in [0.25, 0.3) is 0 Å². The molecule has 0 saturated heterocycles. The van der Waals surface area contributed by atoms with Gasteiger partial charge in [0.05, 0.1) is 4.90 Å². The third kappa shape index (κ3) is 2.79. The standard InChI is InChI=1S/C15H21NO3S/c1-11-6-8-13(9-7-11)20(18,19)16-14-5-4-10-15(14,3)12(2)17/h6-9,14,16H,4-5,10H2,1-3H3/t14-,15-/m0/s1. The summed E-state index contributed by atoms with van der Waals surface area (Å²) in [5.74, 6) is 0.0478. The van der Waals surface area contributed by atoms with Crippen LogP contribution in [0.4, 0.5) is 0 Å². The molecule has 2 rings (SSSR count). The molecule has 0 spiro atoms. The van der Waals surface area contributed by atoms with E-state index in [4.69, 9.17) is 0 Å². The van der Waals surface area contributed by atoms with Crippen LogP contribution in [0.5, 0.6) is 0 Å². The van der Waals surface area contributed by atoms with Crippen molar-refractivity contribution in [1.82, 2.24) is 4.72 Å². The number of Topliss-reactive ketones (excluding diaryl/α,β-unsaturated/α-hetero) is 1. The lowest BCUT2D eigenvalue weighted by atomic mass is 9.81. The lowest BCUT2D eigenvalue weighted by Gasteiger charge is -2.29. The highest BCUT2D eigenvalue weighted by molar-refractivity contribution is 7.89. The Morgan fingerprint density at radius 1 is 1.30 bits per heavy atom. The third-order valence-corrected chi connectivity index (χ3v) is 5.88. The fourth-order valence-electron chi connectivity index (χ4n) is 2.75. The van der Waals surface area contributed by atoms with Crippen LogP contribution < -0.4 is 4.72 Å². The van der Waals surface area contributed by atoms with E-state index in [0.717, 1.165) is 18.4 Å². The minimum Gasteiger partial charge on any atom is -0.299 e. The van der Waals surface area contributed by atoms with Gasteiger partial charge in [0.15, 0.2) is 0 Å². The number of hydrogen-bond acceptors (Lipinski definition) is 3. The van der Waals surface area contributed by atoms with Crippen LogP contribution in [0.1, 0.15) is 38.7 Å². The van der Waals surface area contributed by atoms with Crippen molar-refractivity contribution < 1.29 is 13.2 Å². The largest absolute Gasteiger partial charge is 0.299 e. The second-order valence-corrected chi connectivity index (χ2v) is 7.57. The number of sulfonamides is 1. The number of carbonyl (C=O) groups excluding carboxylic acids is 1. The van der Waals surface area contributed by atoms with Crippen LogP contribution in [0.2, 0.25) is 0 Å². The fourth-order valence-corrected chi connectivity index (χ4v) is 4.13. The molecule has 1 N–H and O–H groups in total. The molecular weight excluding hydrogens is 274 g/mol. The Morgan fingerprint density at radius 3 is 2.45 bits per heavy atom. The van der Waals surface area contributed by atoms with Crippen LogP contribution in [-0.2, 0) is 14.8 Å². The molecule has 110 valence electrons. The minimum absolute atomic E-state index is 0.0478. The van der Waals surface area contributed by atoms with Gasteiger partial charge in [-0.05, 0) is 38.8 Å². The molecule has 0 unspecified atom stereocenters. The van der Waals surface area contributed by atoms with Crippen molar-refractivity contribution in [3.63, 3.8) is 0 Å². The Hall–Kier alpha value is -1.20. The molecular formula is C15H21NO3S. The Balaban J connectivity index is 2.24. The topological polar surface area (TPSA) is 63.2 Å². The maximum Gasteiger partial charge on any atom is 0.240 e. The maximum absolute atomic E-state index is 12.4. The minimum atomic E-state index is -3.57. The van der Waals surface area contributed by atoms with Gasteiger partial charge >= 0.3 is 0 Å². The van der Waals surface area contributed by atoms with E-state index in [1.165, 1.54) is 0 Å². The van der Waals surface area contributed by atoms with Crippen LogP contribution in [0, 0.1) is 12.3 Å². The molecule has 0 heterocycles. The van der Waals surface area contributed by atoms with Gasteiger partial charge < -0.3 is 0 Å². The molecule has 20 heavy (non-hydrogen) atoms. The summed E-state index contributed by atoms with van der Waals surface area (Å²) in [5, 5.41) is 0. The normalized spacial score (nSPS) is 26.6. The van der Waals surface area contributed by atoms with Crippen molar-refractivity contribution in [2.75, 3.05) is 0 Å². The summed E-state index contributed by atoms with van der Waals surface area (Å²) in [5.41, 5.74) is 0.427. The zero-order valence-corrected chi connectivity index (χ0v) is 13.0. The first-order valence-electron chi connectivity index (χ1n) is 6.86. The smallest absolute Gasteiger partial charge is 0.240 e. The Morgan fingerprint density at radius 2 is 1.90 bits per heavy atom. The molecule has 4 nitrogen and oxygen atoms in total. The zero-order valence-electron chi connectivity index (χ0n) is 12.1. The van der Waals surface area contributed by atoms with Crippen molar-refractivity contribution in [3.8, 4) is 0 Å². The van der Waals surface area contributed by atoms with Crippen LogP contribution in [-0.4, -0.2) is 20.2 Å². The van der Waals surface area contributed by atoms with E-state index in [0.29, 0.717) is 6.42 Å². The molecule has 0 aromatic heterocycles. The van der Waals surface area contributed by atoms with Crippen molar-refractivity contribution in [2.45, 2.75) is 51.0 Å². The van der Waals surface area contributed by atoms with Crippen molar-refractivity contribution in [3.05, 3.63) is 29.8 Å². The van der Waals surface area contributed by atoms with E-state index in [1.54, 1.807) is 31.2 Å². The van der Waals surface area contributed by atoms with E-state index in [2.05, 4.69) is 4.72 Å². The van der Waals surface area contributed by atoms with Gasteiger partial charge in [0.2, 0.25) is 10.0 Å². The number of benzene rings is 1. The zero-order chi connectivity index (χ0) is 15.0. The van der Waals surface area contributed by atoms with Crippen molar-refractivity contribution in [1.29, 1.82) is 0 Å². The van der Waals surface area contributed by atoms with Gasteiger partial charge in [-0.1, -0.05) is 31.0 Å². The number of hydrogen-bond donors (Lipinski definition) is 1. The van der Waals surface area contributed by atoms with Crippen LogP contribution >= 0.6 is 0 Å². The average molecular weight is 295 g/mol. The molecule has 1 aromatic rings. The summed E-state index contributed by atoms with van der Waals surface area (Å²) in [4.78, 5) is 12.1. The highest BCUT2D eigenvalue weighted by Gasteiger charge is 2.44. The highest BCUT2D eigenvalue weighted by Crippen LogP contribution is 2.39. The van der Waals surface area contributed by atoms with Gasteiger partial charge in [-0.25, -0.2) is 13.1 Å². The Labute approximate surface area is 120 Å². The predicted molar refractivity (Wildman–Crippen MR) is 77.9 cm³/mol. The lowest BCUT2D eigenvalue weighted by molar-refractivity contribution is -0.126. The molecule has 1 aromatic carbocycles. The van der Waals surface area contributed by atoms with E-state index in [-0.39, 0.29) is 16.7 Å². The second kappa shape index (κ2) is 5.30. The summed E-state index contributed by atoms with van der Waals surface area (Å²) in [6.45, 7) is 5.30. The molecule has 1 aliphatic carbocycles. The quantitative estimate of drug-likeness (QED) is 0.928. The van der Waals surface area contributed by atoms with Crippen LogP contribution in [0.25, 0.3) is 0 Å². The van der Waals surface area contributed by atoms with Crippen molar-refractivity contribution >= 4 is 15.8 Å². The third-order valence-electron chi connectivity index (χ3n) is 4.39. The van der Waals surface area contributed by atoms with Crippen molar-refractivity contribution in [2.24, 2.45) is 5.41 Å². The van der Waals surface area contributed by atoms with E-state index < -0.39 is 15.4 Å². The van der Waals surface area contributed by atoms with Gasteiger partial charge in [-0.15, -0.1) is 0 Å². The molecule has 1 saturated carbocycles. The maximum atomic E-state index is 12.4. The number of carbonyl (C=O) groups is 1. The van der Waals surface area contributed by atoms with Gasteiger partial charge in [-0.2, -0.15) is 0 Å². The predicted octanol–water partition coefficient (Wildman–Crippen LogP) is 2.42. The SMILES string of the molecule is CC(=O)[C@]1(C)CCC[C@@H]1NS(=O)(=O)c1ccc(C)cc1. The van der Waals surface area contributed by atoms with Gasteiger partial charge in [0, 0.05) is 11.5 Å². The second-order valence-electron chi connectivity index (χ2n) is 5.85. The number of ketones is 1. The molecule has 1 aliphatic rings. The Kier molecular flexibility index (Phi) is 4.02. The lowest BCUT2D eigenvalue weighted by Crippen LogP contribution is -2.46. The van der Waals surface area contributed by atoms with E-state index >= 15 is 0 Å². The Bertz CT molecular complexity index is 607. The molecule has 0 amide bonds. The van der Waals surface area contributed by atoms with Gasteiger partial charge in [0.1, 0.15) is 5.78 Å². The number of nitrogens with one attached hydrogen (secondary N) is 1. The van der Waals surface area contributed by atoms with Crippen LogP contribution in [0.3, 0.4) is 0 Å². The molecule has 0 radical (unpaired) electrons.